The van der Waals surface area contributed by atoms with Gasteiger partial charge >= 0.3 is 0 Å². The van der Waals surface area contributed by atoms with E-state index in [-0.39, 0.29) is 11.7 Å². The van der Waals surface area contributed by atoms with Gasteiger partial charge in [0.15, 0.2) is 11.0 Å². The number of pyridine rings is 1. The third-order valence-corrected chi connectivity index (χ3v) is 6.87. The molecular weight excluding hydrogens is 414 g/mol. The summed E-state index contributed by atoms with van der Waals surface area (Å²) in [5.41, 5.74) is 2.58. The zero-order valence-electron chi connectivity index (χ0n) is 16.1. The van der Waals surface area contributed by atoms with Crippen LogP contribution in [-0.4, -0.2) is 31.4 Å². The monoisotopic (exact) mass is 431 g/mol. The summed E-state index contributed by atoms with van der Waals surface area (Å²) in [6.07, 6.45) is 1.73. The van der Waals surface area contributed by atoms with Gasteiger partial charge in [-0.2, -0.15) is 0 Å². The maximum absolute atomic E-state index is 13.3. The first-order valence-electron chi connectivity index (χ1n) is 9.35. The summed E-state index contributed by atoms with van der Waals surface area (Å²) in [5, 5.41) is 9.19. The van der Waals surface area contributed by atoms with E-state index in [1.807, 2.05) is 83.2 Å². The number of amides is 1. The van der Waals surface area contributed by atoms with E-state index in [1.54, 1.807) is 18.0 Å². The molecule has 0 N–H and O–H groups in total. The largest absolute Gasteiger partial charge is 0.304 e. The molecular formula is C22H17N5OS2. The summed E-state index contributed by atoms with van der Waals surface area (Å²) >= 11 is 3.06. The van der Waals surface area contributed by atoms with Crippen LogP contribution in [0, 0.1) is 0 Å². The number of para-hydroxylation sites is 2. The van der Waals surface area contributed by atoms with Crippen LogP contribution in [0.15, 0.2) is 87.9 Å². The molecule has 1 amide bonds. The van der Waals surface area contributed by atoms with Gasteiger partial charge in [-0.25, -0.2) is 0 Å². The Labute approximate surface area is 182 Å². The smallest absolute Gasteiger partial charge is 0.242 e. The van der Waals surface area contributed by atoms with Crippen molar-refractivity contribution in [3.05, 3.63) is 72.9 Å². The van der Waals surface area contributed by atoms with Gasteiger partial charge < -0.3 is 4.57 Å². The second kappa shape index (κ2) is 7.97. The number of hydrogen-bond acceptors (Lipinski definition) is 6. The average Bonchev–Trinajstić information content (AvgIpc) is 3.16. The quantitative estimate of drug-likeness (QED) is 0.433. The second-order valence-corrected chi connectivity index (χ2v) is 8.66. The minimum Gasteiger partial charge on any atom is -0.304 e. The Bertz CT molecular complexity index is 1180. The predicted octanol–water partition coefficient (Wildman–Crippen LogP) is 4.80. The molecule has 4 aromatic rings. The van der Waals surface area contributed by atoms with Crippen molar-refractivity contribution < 1.29 is 4.79 Å². The summed E-state index contributed by atoms with van der Waals surface area (Å²) < 4.78 is 1.87. The van der Waals surface area contributed by atoms with E-state index in [9.17, 15) is 4.79 Å². The molecule has 148 valence electrons. The van der Waals surface area contributed by atoms with Crippen molar-refractivity contribution in [2.45, 2.75) is 14.9 Å². The summed E-state index contributed by atoms with van der Waals surface area (Å²) in [5.74, 6) is 0.930. The van der Waals surface area contributed by atoms with Crippen molar-refractivity contribution in [2.24, 2.45) is 7.05 Å². The van der Waals surface area contributed by atoms with E-state index >= 15 is 0 Å². The van der Waals surface area contributed by atoms with Crippen molar-refractivity contribution >= 4 is 40.8 Å². The lowest BCUT2D eigenvalue weighted by Crippen LogP contribution is -2.30. The number of carbonyl (C=O) groups excluding carboxylic acids is 1. The molecule has 0 atom stereocenters. The Morgan fingerprint density at radius 2 is 1.60 bits per heavy atom. The normalized spacial score (nSPS) is 12.4. The lowest BCUT2D eigenvalue weighted by molar-refractivity contribution is -0.115. The molecule has 0 bridgehead atoms. The van der Waals surface area contributed by atoms with Crippen molar-refractivity contribution in [3.8, 4) is 11.5 Å². The Hall–Kier alpha value is -3.10. The molecule has 0 unspecified atom stereocenters. The van der Waals surface area contributed by atoms with Crippen LogP contribution in [0.4, 0.5) is 11.4 Å². The summed E-state index contributed by atoms with van der Waals surface area (Å²) in [6.45, 7) is 0. The molecule has 8 heteroatoms. The van der Waals surface area contributed by atoms with Gasteiger partial charge in [-0.15, -0.1) is 10.2 Å². The highest BCUT2D eigenvalue weighted by Crippen LogP contribution is 2.48. The molecule has 1 aliphatic rings. The van der Waals surface area contributed by atoms with Crippen LogP contribution in [0.25, 0.3) is 11.5 Å². The minimum absolute atomic E-state index is 0.00239. The zero-order valence-corrected chi connectivity index (χ0v) is 17.7. The van der Waals surface area contributed by atoms with Gasteiger partial charge in [-0.1, -0.05) is 53.9 Å². The third kappa shape index (κ3) is 3.38. The Morgan fingerprint density at radius 1 is 0.933 bits per heavy atom. The van der Waals surface area contributed by atoms with Gasteiger partial charge in [0.2, 0.25) is 5.91 Å². The van der Waals surface area contributed by atoms with Crippen molar-refractivity contribution in [1.29, 1.82) is 0 Å². The van der Waals surface area contributed by atoms with Gasteiger partial charge in [-0.05, 0) is 36.4 Å². The van der Waals surface area contributed by atoms with Gasteiger partial charge in [0, 0.05) is 23.0 Å². The Kier molecular flexibility index (Phi) is 5.02. The highest BCUT2D eigenvalue weighted by atomic mass is 32.2. The molecule has 5 rings (SSSR count). The SMILES string of the molecule is Cn1c(SCC(=O)N2c3ccccc3Sc3ccccc32)nnc1-c1ccccn1. The molecule has 30 heavy (non-hydrogen) atoms. The van der Waals surface area contributed by atoms with Crippen molar-refractivity contribution in [2.75, 3.05) is 10.7 Å². The van der Waals surface area contributed by atoms with Gasteiger partial charge in [-0.3, -0.25) is 14.7 Å². The number of rotatable bonds is 4. The van der Waals surface area contributed by atoms with Crippen molar-refractivity contribution in [1.82, 2.24) is 19.7 Å². The molecule has 2 aromatic carbocycles. The van der Waals surface area contributed by atoms with E-state index in [0.717, 1.165) is 26.9 Å². The minimum atomic E-state index is 0.00239. The molecule has 3 heterocycles. The van der Waals surface area contributed by atoms with E-state index in [0.29, 0.717) is 11.0 Å². The first-order valence-corrected chi connectivity index (χ1v) is 11.1. The molecule has 0 saturated heterocycles. The number of thioether (sulfide) groups is 1. The molecule has 0 saturated carbocycles. The zero-order chi connectivity index (χ0) is 20.5. The summed E-state index contributed by atoms with van der Waals surface area (Å²) in [7, 11) is 1.89. The van der Waals surface area contributed by atoms with Gasteiger partial charge in [0.25, 0.3) is 0 Å². The lowest BCUT2D eigenvalue weighted by atomic mass is 10.2. The lowest BCUT2D eigenvalue weighted by Gasteiger charge is -2.30. The highest BCUT2D eigenvalue weighted by molar-refractivity contribution is 8.00. The van der Waals surface area contributed by atoms with Crippen LogP contribution in [-0.2, 0) is 11.8 Å². The maximum Gasteiger partial charge on any atom is 0.242 e. The number of carbonyl (C=O) groups is 1. The average molecular weight is 432 g/mol. The van der Waals surface area contributed by atoms with Gasteiger partial charge in [0.1, 0.15) is 5.69 Å². The standard InChI is InChI=1S/C22H17N5OS2/c1-26-21(15-8-6-7-13-23-15)24-25-22(26)29-14-20(28)27-16-9-2-4-11-18(16)30-19-12-5-3-10-17(19)27/h2-13H,14H2,1H3. The number of aromatic nitrogens is 4. The van der Waals surface area contributed by atoms with Crippen LogP contribution >= 0.6 is 23.5 Å². The number of benzene rings is 2. The number of fused-ring (bicyclic) bond motifs is 2. The summed E-state index contributed by atoms with van der Waals surface area (Å²) in [4.78, 5) is 21.6. The highest BCUT2D eigenvalue weighted by Gasteiger charge is 2.28. The molecule has 0 spiro atoms. The third-order valence-electron chi connectivity index (χ3n) is 4.74. The maximum atomic E-state index is 13.3. The van der Waals surface area contributed by atoms with Crippen LogP contribution in [0.2, 0.25) is 0 Å². The number of nitrogens with zero attached hydrogens (tertiary/aromatic N) is 5. The predicted molar refractivity (Wildman–Crippen MR) is 119 cm³/mol. The number of anilines is 2. The first-order chi connectivity index (χ1) is 14.7. The molecule has 0 aliphatic carbocycles. The topological polar surface area (TPSA) is 63.9 Å². The first kappa shape index (κ1) is 18.9. The summed E-state index contributed by atoms with van der Waals surface area (Å²) in [6, 6.07) is 21.7. The van der Waals surface area contributed by atoms with Crippen LogP contribution < -0.4 is 4.90 Å². The van der Waals surface area contributed by atoms with E-state index in [1.165, 1.54) is 11.8 Å². The van der Waals surface area contributed by atoms with E-state index in [2.05, 4.69) is 15.2 Å². The van der Waals surface area contributed by atoms with Gasteiger partial charge in [0.05, 0.1) is 17.1 Å². The molecule has 0 fully saturated rings. The van der Waals surface area contributed by atoms with E-state index < -0.39 is 0 Å². The molecule has 0 radical (unpaired) electrons. The molecule has 2 aromatic heterocycles. The fourth-order valence-corrected chi connectivity index (χ4v) is 5.14. The van der Waals surface area contributed by atoms with Crippen LogP contribution in [0.3, 0.4) is 0 Å². The van der Waals surface area contributed by atoms with Crippen LogP contribution in [0.1, 0.15) is 0 Å². The Balaban J connectivity index is 1.40. The second-order valence-electron chi connectivity index (χ2n) is 6.64. The fraction of sp³-hybridized carbons (Fsp3) is 0.0909. The molecule has 1 aliphatic heterocycles. The van der Waals surface area contributed by atoms with Crippen LogP contribution in [0.5, 0.6) is 0 Å². The van der Waals surface area contributed by atoms with E-state index in [4.69, 9.17) is 0 Å². The molecule has 6 nitrogen and oxygen atoms in total. The fourth-order valence-electron chi connectivity index (χ4n) is 3.32. The Morgan fingerprint density at radius 3 is 2.27 bits per heavy atom. The number of hydrogen-bond donors (Lipinski definition) is 0. The van der Waals surface area contributed by atoms with Crippen molar-refractivity contribution in [3.63, 3.8) is 0 Å².